The third kappa shape index (κ3) is 5.32. The maximum absolute atomic E-state index is 12.0. The lowest BCUT2D eigenvalue weighted by Crippen LogP contribution is -2.38. The van der Waals surface area contributed by atoms with E-state index in [1.165, 1.54) is 5.82 Å². The molecule has 130 valence electrons. The number of aromatic nitrogens is 2. The number of aryl methyl sites for hydroxylation is 1. The van der Waals surface area contributed by atoms with Gasteiger partial charge in [-0.25, -0.2) is 4.98 Å². The Morgan fingerprint density at radius 2 is 2.13 bits per heavy atom. The third-order valence-corrected chi connectivity index (χ3v) is 4.48. The molecule has 2 heterocycles. The molecule has 1 aliphatic heterocycles. The number of amides is 1. The second kappa shape index (κ2) is 9.03. The van der Waals surface area contributed by atoms with Gasteiger partial charge in [0.15, 0.2) is 0 Å². The Morgan fingerprint density at radius 3 is 2.78 bits per heavy atom. The van der Waals surface area contributed by atoms with Crippen LogP contribution in [0, 0.1) is 0 Å². The molecule has 0 radical (unpaired) electrons. The quantitative estimate of drug-likeness (QED) is 0.729. The highest BCUT2D eigenvalue weighted by Gasteiger charge is 2.26. The molecule has 0 bridgehead atoms. The summed E-state index contributed by atoms with van der Waals surface area (Å²) in [6, 6.07) is 0. The van der Waals surface area contributed by atoms with Gasteiger partial charge in [-0.1, -0.05) is 0 Å². The Bertz CT molecular complexity index is 479. The van der Waals surface area contributed by atoms with E-state index in [0.717, 1.165) is 45.4 Å². The minimum Gasteiger partial charge on any atom is -0.384 e. The van der Waals surface area contributed by atoms with Crippen molar-refractivity contribution in [1.82, 2.24) is 19.4 Å². The van der Waals surface area contributed by atoms with E-state index >= 15 is 0 Å². The number of hydrogen-bond donors (Lipinski definition) is 0. The fourth-order valence-electron chi connectivity index (χ4n) is 3.16. The standard InChI is InChI=1S/C17H30N4O2/c1-19(2)9-4-10-21-13-8-18-17(21)15-5-11-20(12-6-15)16(22)7-14-23-3/h8,13,15H,4-7,9-12,14H2,1-3H3. The van der Waals surface area contributed by atoms with Crippen molar-refractivity contribution in [1.29, 1.82) is 0 Å². The molecule has 0 spiro atoms. The third-order valence-electron chi connectivity index (χ3n) is 4.48. The highest BCUT2D eigenvalue weighted by molar-refractivity contribution is 5.76. The summed E-state index contributed by atoms with van der Waals surface area (Å²) in [7, 11) is 5.84. The minimum absolute atomic E-state index is 0.208. The zero-order valence-electron chi connectivity index (χ0n) is 14.7. The van der Waals surface area contributed by atoms with Crippen LogP contribution in [0.5, 0.6) is 0 Å². The highest BCUT2D eigenvalue weighted by atomic mass is 16.5. The van der Waals surface area contributed by atoms with Gasteiger partial charge < -0.3 is 19.1 Å². The maximum atomic E-state index is 12.0. The smallest absolute Gasteiger partial charge is 0.224 e. The molecule has 0 saturated carbocycles. The lowest BCUT2D eigenvalue weighted by atomic mass is 9.95. The van der Waals surface area contributed by atoms with Gasteiger partial charge in [0.25, 0.3) is 0 Å². The molecule has 0 atom stereocenters. The maximum Gasteiger partial charge on any atom is 0.224 e. The first-order valence-corrected chi connectivity index (χ1v) is 8.54. The molecule has 1 aromatic heterocycles. The highest BCUT2D eigenvalue weighted by Crippen LogP contribution is 2.27. The molecule has 1 saturated heterocycles. The SMILES string of the molecule is COCCC(=O)N1CCC(c2nccn2CCCN(C)C)CC1. The van der Waals surface area contributed by atoms with Crippen molar-refractivity contribution in [3.05, 3.63) is 18.2 Å². The molecule has 0 aromatic carbocycles. The van der Waals surface area contributed by atoms with Crippen molar-refractivity contribution in [3.63, 3.8) is 0 Å². The average molecular weight is 322 g/mol. The number of carbonyl (C=O) groups is 1. The summed E-state index contributed by atoms with van der Waals surface area (Å²) in [5.74, 6) is 1.86. The number of piperidine rings is 1. The average Bonchev–Trinajstić information content (AvgIpc) is 3.01. The van der Waals surface area contributed by atoms with Crippen molar-refractivity contribution in [2.24, 2.45) is 0 Å². The zero-order valence-corrected chi connectivity index (χ0v) is 14.7. The number of likely N-dealkylation sites (tertiary alicyclic amines) is 1. The van der Waals surface area contributed by atoms with Crippen molar-refractivity contribution < 1.29 is 9.53 Å². The van der Waals surface area contributed by atoms with Gasteiger partial charge in [-0.15, -0.1) is 0 Å². The molecule has 2 rings (SSSR count). The molecule has 0 unspecified atom stereocenters. The summed E-state index contributed by atoms with van der Waals surface area (Å²) in [5, 5.41) is 0. The summed E-state index contributed by atoms with van der Waals surface area (Å²) in [4.78, 5) is 20.8. The predicted octanol–water partition coefficient (Wildman–Crippen LogP) is 1.58. The van der Waals surface area contributed by atoms with Crippen LogP contribution in [-0.2, 0) is 16.1 Å². The number of carbonyl (C=O) groups excluding carboxylic acids is 1. The van der Waals surface area contributed by atoms with Gasteiger partial charge in [0.2, 0.25) is 5.91 Å². The lowest BCUT2D eigenvalue weighted by molar-refractivity contribution is -0.133. The first kappa shape index (κ1) is 17.9. The first-order chi connectivity index (χ1) is 11.1. The van der Waals surface area contributed by atoms with Crippen LogP contribution in [0.15, 0.2) is 12.4 Å². The lowest BCUT2D eigenvalue weighted by Gasteiger charge is -2.32. The van der Waals surface area contributed by atoms with Crippen LogP contribution in [0.1, 0.15) is 37.4 Å². The second-order valence-corrected chi connectivity index (χ2v) is 6.53. The zero-order chi connectivity index (χ0) is 16.7. The van der Waals surface area contributed by atoms with Gasteiger partial charge in [0.05, 0.1) is 13.0 Å². The van der Waals surface area contributed by atoms with E-state index in [2.05, 4.69) is 34.7 Å². The van der Waals surface area contributed by atoms with E-state index in [9.17, 15) is 4.79 Å². The summed E-state index contributed by atoms with van der Waals surface area (Å²) >= 11 is 0. The number of methoxy groups -OCH3 is 1. The van der Waals surface area contributed by atoms with Crippen molar-refractivity contribution in [3.8, 4) is 0 Å². The predicted molar refractivity (Wildman–Crippen MR) is 90.4 cm³/mol. The van der Waals surface area contributed by atoms with E-state index in [-0.39, 0.29) is 5.91 Å². The number of ether oxygens (including phenoxy) is 1. The van der Waals surface area contributed by atoms with Crippen LogP contribution in [0.4, 0.5) is 0 Å². The molecule has 1 aromatic rings. The van der Waals surface area contributed by atoms with Crippen LogP contribution < -0.4 is 0 Å². The van der Waals surface area contributed by atoms with Crippen LogP contribution in [0.25, 0.3) is 0 Å². The minimum atomic E-state index is 0.208. The monoisotopic (exact) mass is 322 g/mol. The number of nitrogens with zero attached hydrogens (tertiary/aromatic N) is 4. The Balaban J connectivity index is 1.83. The largest absolute Gasteiger partial charge is 0.384 e. The van der Waals surface area contributed by atoms with Gasteiger partial charge >= 0.3 is 0 Å². The number of rotatable bonds is 8. The number of hydrogen-bond acceptors (Lipinski definition) is 4. The van der Waals surface area contributed by atoms with Gasteiger partial charge in [0, 0.05) is 45.1 Å². The molecule has 6 heteroatoms. The Kier molecular flexibility index (Phi) is 7.05. The second-order valence-electron chi connectivity index (χ2n) is 6.53. The first-order valence-electron chi connectivity index (χ1n) is 8.54. The van der Waals surface area contributed by atoms with Crippen molar-refractivity contribution >= 4 is 5.91 Å². The number of imidazole rings is 1. The molecular weight excluding hydrogens is 292 g/mol. The molecular formula is C17H30N4O2. The summed E-state index contributed by atoms with van der Waals surface area (Å²) in [6.45, 7) is 4.27. The van der Waals surface area contributed by atoms with Gasteiger partial charge in [-0.05, 0) is 39.9 Å². The molecule has 0 N–H and O–H groups in total. The van der Waals surface area contributed by atoms with Crippen LogP contribution in [0.3, 0.4) is 0 Å². The Labute approximate surface area is 139 Å². The van der Waals surface area contributed by atoms with Gasteiger partial charge in [-0.3, -0.25) is 4.79 Å². The Morgan fingerprint density at radius 1 is 1.39 bits per heavy atom. The fourth-order valence-corrected chi connectivity index (χ4v) is 3.16. The molecule has 23 heavy (non-hydrogen) atoms. The molecule has 1 aliphatic rings. The summed E-state index contributed by atoms with van der Waals surface area (Å²) in [6.07, 6.45) is 7.61. The van der Waals surface area contributed by atoms with Gasteiger partial charge in [0.1, 0.15) is 5.82 Å². The Hall–Kier alpha value is -1.40. The van der Waals surface area contributed by atoms with Crippen molar-refractivity contribution in [2.45, 2.75) is 38.1 Å². The van der Waals surface area contributed by atoms with E-state index in [4.69, 9.17) is 4.74 Å². The topological polar surface area (TPSA) is 50.6 Å². The van der Waals surface area contributed by atoms with Crippen LogP contribution in [0.2, 0.25) is 0 Å². The van der Waals surface area contributed by atoms with E-state index in [0.29, 0.717) is 18.9 Å². The molecule has 0 aliphatic carbocycles. The van der Waals surface area contributed by atoms with Crippen LogP contribution >= 0.6 is 0 Å². The molecule has 1 amide bonds. The fraction of sp³-hybridized carbons (Fsp3) is 0.765. The molecule has 1 fully saturated rings. The van der Waals surface area contributed by atoms with Gasteiger partial charge in [-0.2, -0.15) is 0 Å². The van der Waals surface area contributed by atoms with Crippen LogP contribution in [-0.4, -0.2) is 72.7 Å². The van der Waals surface area contributed by atoms with E-state index in [1.54, 1.807) is 7.11 Å². The molecule has 6 nitrogen and oxygen atoms in total. The van der Waals surface area contributed by atoms with E-state index < -0.39 is 0 Å². The normalized spacial score (nSPS) is 16.3. The van der Waals surface area contributed by atoms with E-state index in [1.807, 2.05) is 11.1 Å². The summed E-state index contributed by atoms with van der Waals surface area (Å²) in [5.41, 5.74) is 0. The summed E-state index contributed by atoms with van der Waals surface area (Å²) < 4.78 is 7.28. The van der Waals surface area contributed by atoms with Crippen molar-refractivity contribution in [2.75, 3.05) is 47.4 Å².